The minimum absolute atomic E-state index is 0.648. The quantitative estimate of drug-likeness (QED) is 0.815. The summed E-state index contributed by atoms with van der Waals surface area (Å²) in [6.45, 7) is 3.79. The summed E-state index contributed by atoms with van der Waals surface area (Å²) >= 11 is 1.52. The smallest absolute Gasteiger partial charge is 0.125 e. The Kier molecular flexibility index (Phi) is 2.50. The fourth-order valence-corrected chi connectivity index (χ4v) is 2.13. The maximum atomic E-state index is 5.81. The van der Waals surface area contributed by atoms with E-state index < -0.39 is 0 Å². The zero-order valence-corrected chi connectivity index (χ0v) is 8.55. The van der Waals surface area contributed by atoms with Crippen molar-refractivity contribution in [2.24, 2.45) is 0 Å². The minimum atomic E-state index is 0.648. The molecule has 0 bridgehead atoms. The maximum Gasteiger partial charge on any atom is 0.125 e. The van der Waals surface area contributed by atoms with Crippen LogP contribution in [0.2, 0.25) is 0 Å². The van der Waals surface area contributed by atoms with Gasteiger partial charge in [0.05, 0.1) is 5.69 Å². The fourth-order valence-electron chi connectivity index (χ4n) is 1.25. The average molecular weight is 203 g/mol. The van der Waals surface area contributed by atoms with Gasteiger partial charge in [-0.3, -0.25) is 0 Å². The largest absolute Gasteiger partial charge is 0.389 e. The third-order valence-electron chi connectivity index (χ3n) is 1.99. The van der Waals surface area contributed by atoms with Crippen LogP contribution in [0.3, 0.4) is 0 Å². The summed E-state index contributed by atoms with van der Waals surface area (Å²) < 4.78 is 0. The van der Waals surface area contributed by atoms with E-state index in [2.05, 4.69) is 11.9 Å². The van der Waals surface area contributed by atoms with Gasteiger partial charge in [-0.2, -0.15) is 0 Å². The molecule has 0 amide bonds. The number of nitrogen functional groups attached to an aromatic ring is 1. The van der Waals surface area contributed by atoms with Crippen molar-refractivity contribution in [3.8, 4) is 10.6 Å². The number of nitrogens with two attached hydrogens (primary N) is 1. The van der Waals surface area contributed by atoms with Crippen LogP contribution < -0.4 is 5.73 Å². The number of anilines is 1. The normalized spacial score (nSPS) is 10.4. The number of benzene rings is 1. The first-order valence-electron chi connectivity index (χ1n) is 4.41. The van der Waals surface area contributed by atoms with E-state index in [4.69, 9.17) is 5.73 Å². The summed E-state index contributed by atoms with van der Waals surface area (Å²) in [6.07, 6.45) is 0.648. The molecule has 2 nitrogen and oxygen atoms in total. The van der Waals surface area contributed by atoms with Gasteiger partial charge in [-0.05, 0) is 13.3 Å². The van der Waals surface area contributed by atoms with Crippen molar-refractivity contribution < 1.29 is 0 Å². The summed E-state index contributed by atoms with van der Waals surface area (Å²) in [4.78, 5) is 4.43. The molecule has 1 aromatic carbocycles. The lowest BCUT2D eigenvalue weighted by Crippen LogP contribution is -1.87. The Balaban J connectivity index is 2.43. The van der Waals surface area contributed by atoms with Crippen molar-refractivity contribution in [3.05, 3.63) is 42.9 Å². The van der Waals surface area contributed by atoms with Gasteiger partial charge < -0.3 is 5.73 Å². The van der Waals surface area contributed by atoms with Gasteiger partial charge in [0.1, 0.15) is 10.0 Å². The van der Waals surface area contributed by atoms with Crippen LogP contribution in [0.15, 0.2) is 30.3 Å². The van der Waals surface area contributed by atoms with Crippen LogP contribution in [0.5, 0.6) is 0 Å². The molecule has 0 atom stereocenters. The predicted octanol–water partition coefficient (Wildman–Crippen LogP) is 2.77. The Morgan fingerprint density at radius 1 is 1.29 bits per heavy atom. The first-order chi connectivity index (χ1) is 6.81. The monoisotopic (exact) mass is 203 g/mol. The minimum Gasteiger partial charge on any atom is -0.389 e. The molecular weight excluding hydrogens is 192 g/mol. The van der Waals surface area contributed by atoms with E-state index in [1.807, 2.05) is 30.3 Å². The number of rotatable bonds is 2. The molecule has 2 rings (SSSR count). The number of hydrogen-bond acceptors (Lipinski definition) is 3. The van der Waals surface area contributed by atoms with Crippen LogP contribution in [0.25, 0.3) is 10.6 Å². The standard InChI is InChI=1S/C11H11N2S/c1-2-9-10(12)14-11(13-9)8-6-4-3-5-7-8/h3-7H,1-2,12H2. The molecule has 0 unspecified atom stereocenters. The Labute approximate surface area is 87.4 Å². The molecule has 1 radical (unpaired) electrons. The SMILES string of the molecule is [CH2]Cc1nc(-c2ccccc2)sc1N. The van der Waals surface area contributed by atoms with Crippen LogP contribution in [0.1, 0.15) is 5.69 Å². The highest BCUT2D eigenvalue weighted by Crippen LogP contribution is 2.29. The molecule has 0 saturated heterocycles. The molecule has 1 heterocycles. The van der Waals surface area contributed by atoms with Gasteiger partial charge in [0.2, 0.25) is 0 Å². The van der Waals surface area contributed by atoms with Crippen LogP contribution in [0, 0.1) is 6.92 Å². The summed E-state index contributed by atoms with van der Waals surface area (Å²) in [5, 5.41) is 1.75. The van der Waals surface area contributed by atoms with Gasteiger partial charge in [-0.25, -0.2) is 4.98 Å². The molecule has 0 aliphatic carbocycles. The Morgan fingerprint density at radius 2 is 2.00 bits per heavy atom. The second-order valence-electron chi connectivity index (χ2n) is 2.95. The third-order valence-corrected chi connectivity index (χ3v) is 2.96. The number of nitrogens with zero attached hydrogens (tertiary/aromatic N) is 1. The Hall–Kier alpha value is -1.35. The Morgan fingerprint density at radius 3 is 2.57 bits per heavy atom. The van der Waals surface area contributed by atoms with Gasteiger partial charge in [0, 0.05) is 5.56 Å². The second-order valence-corrected chi connectivity index (χ2v) is 3.98. The fraction of sp³-hybridized carbons (Fsp3) is 0.0909. The van der Waals surface area contributed by atoms with Crippen LogP contribution in [-0.2, 0) is 6.42 Å². The van der Waals surface area contributed by atoms with E-state index in [0.717, 1.165) is 21.3 Å². The first kappa shape index (κ1) is 9.21. The molecule has 14 heavy (non-hydrogen) atoms. The van der Waals surface area contributed by atoms with Gasteiger partial charge in [-0.1, -0.05) is 41.7 Å². The molecule has 0 fully saturated rings. The highest BCUT2D eigenvalue weighted by atomic mass is 32.1. The van der Waals surface area contributed by atoms with Gasteiger partial charge in [0.15, 0.2) is 0 Å². The van der Waals surface area contributed by atoms with Crippen molar-refractivity contribution in [2.75, 3.05) is 5.73 Å². The highest BCUT2D eigenvalue weighted by Gasteiger charge is 2.07. The lowest BCUT2D eigenvalue weighted by Gasteiger charge is -1.92. The number of aromatic nitrogens is 1. The molecule has 0 aliphatic rings. The molecule has 1 aromatic heterocycles. The van der Waals surface area contributed by atoms with Crippen molar-refractivity contribution in [2.45, 2.75) is 6.42 Å². The van der Waals surface area contributed by atoms with Crippen molar-refractivity contribution in [1.82, 2.24) is 4.98 Å². The van der Waals surface area contributed by atoms with Crippen LogP contribution >= 0.6 is 11.3 Å². The Bertz CT molecular complexity index is 420. The summed E-state index contributed by atoms with van der Waals surface area (Å²) in [5.41, 5.74) is 7.82. The maximum absolute atomic E-state index is 5.81. The zero-order chi connectivity index (χ0) is 9.97. The first-order valence-corrected chi connectivity index (χ1v) is 5.22. The van der Waals surface area contributed by atoms with E-state index in [0.29, 0.717) is 6.42 Å². The number of thiazole rings is 1. The predicted molar refractivity (Wildman–Crippen MR) is 61.0 cm³/mol. The molecule has 2 aromatic rings. The lowest BCUT2D eigenvalue weighted by molar-refractivity contribution is 1.16. The topological polar surface area (TPSA) is 38.9 Å². The van der Waals surface area contributed by atoms with Crippen LogP contribution in [0.4, 0.5) is 5.00 Å². The third kappa shape index (κ3) is 1.63. The van der Waals surface area contributed by atoms with Crippen LogP contribution in [-0.4, -0.2) is 4.98 Å². The van der Waals surface area contributed by atoms with E-state index in [1.54, 1.807) is 0 Å². The van der Waals surface area contributed by atoms with Gasteiger partial charge >= 0.3 is 0 Å². The van der Waals surface area contributed by atoms with E-state index >= 15 is 0 Å². The van der Waals surface area contributed by atoms with Crippen molar-refractivity contribution >= 4 is 16.3 Å². The summed E-state index contributed by atoms with van der Waals surface area (Å²) in [6, 6.07) is 10.0. The van der Waals surface area contributed by atoms with Gasteiger partial charge in [-0.15, -0.1) is 0 Å². The summed E-state index contributed by atoms with van der Waals surface area (Å²) in [7, 11) is 0. The van der Waals surface area contributed by atoms with E-state index in [1.165, 1.54) is 11.3 Å². The molecule has 3 heteroatoms. The van der Waals surface area contributed by atoms with Gasteiger partial charge in [0.25, 0.3) is 0 Å². The molecular formula is C11H11N2S. The molecule has 0 spiro atoms. The average Bonchev–Trinajstić information content (AvgIpc) is 2.61. The summed E-state index contributed by atoms with van der Waals surface area (Å²) in [5.74, 6) is 0. The molecule has 2 N–H and O–H groups in total. The number of hydrogen-bond donors (Lipinski definition) is 1. The zero-order valence-electron chi connectivity index (χ0n) is 7.73. The van der Waals surface area contributed by atoms with Crippen molar-refractivity contribution in [3.63, 3.8) is 0 Å². The highest BCUT2D eigenvalue weighted by molar-refractivity contribution is 7.18. The van der Waals surface area contributed by atoms with Crippen molar-refractivity contribution in [1.29, 1.82) is 0 Å². The van der Waals surface area contributed by atoms with E-state index in [9.17, 15) is 0 Å². The van der Waals surface area contributed by atoms with E-state index in [-0.39, 0.29) is 0 Å². The molecule has 0 aliphatic heterocycles. The molecule has 0 saturated carbocycles. The lowest BCUT2D eigenvalue weighted by atomic mass is 10.2. The molecule has 71 valence electrons. The second kappa shape index (κ2) is 3.80.